The molecule has 2 heteroatoms. The zero-order valence-corrected chi connectivity index (χ0v) is 12.0. The Morgan fingerprint density at radius 1 is 1.22 bits per heavy atom. The largest absolute Gasteiger partial charge is 0.489 e. The van der Waals surface area contributed by atoms with Gasteiger partial charge in [-0.05, 0) is 42.9 Å². The lowest BCUT2D eigenvalue weighted by molar-refractivity contribution is 0.216. The van der Waals surface area contributed by atoms with E-state index in [2.05, 4.69) is 57.3 Å². The van der Waals surface area contributed by atoms with Gasteiger partial charge in [-0.1, -0.05) is 32.9 Å². The Hall–Kier alpha value is -1.02. The van der Waals surface area contributed by atoms with E-state index in [0.717, 1.165) is 18.3 Å². The topological polar surface area (TPSA) is 21.3 Å². The molecule has 1 atom stereocenters. The first-order valence-electron chi connectivity index (χ1n) is 6.96. The lowest BCUT2D eigenvalue weighted by Gasteiger charge is -2.20. The SMILES string of the molecule is CC(CNC1CC1)Oc1ccc(C(C)(C)C)cc1. The monoisotopic (exact) mass is 247 g/mol. The van der Waals surface area contributed by atoms with E-state index >= 15 is 0 Å². The second-order valence-electron chi connectivity index (χ2n) is 6.39. The van der Waals surface area contributed by atoms with Crippen molar-refractivity contribution < 1.29 is 4.74 Å². The van der Waals surface area contributed by atoms with E-state index in [0.29, 0.717) is 0 Å². The maximum absolute atomic E-state index is 5.90. The summed E-state index contributed by atoms with van der Waals surface area (Å²) >= 11 is 0. The molecule has 18 heavy (non-hydrogen) atoms. The predicted octanol–water partition coefficient (Wildman–Crippen LogP) is 3.50. The van der Waals surface area contributed by atoms with Crippen LogP contribution in [-0.4, -0.2) is 18.7 Å². The molecule has 1 aromatic carbocycles. The molecule has 1 unspecified atom stereocenters. The highest BCUT2D eigenvalue weighted by Crippen LogP contribution is 2.24. The maximum Gasteiger partial charge on any atom is 0.119 e. The molecule has 0 aromatic heterocycles. The van der Waals surface area contributed by atoms with Crippen molar-refractivity contribution in [3.8, 4) is 5.75 Å². The summed E-state index contributed by atoms with van der Waals surface area (Å²) in [4.78, 5) is 0. The molecule has 0 aliphatic heterocycles. The van der Waals surface area contributed by atoms with E-state index in [9.17, 15) is 0 Å². The first-order chi connectivity index (χ1) is 8.45. The molecule has 0 heterocycles. The van der Waals surface area contributed by atoms with Crippen molar-refractivity contribution in [2.45, 2.75) is 58.1 Å². The van der Waals surface area contributed by atoms with E-state index in [1.165, 1.54) is 18.4 Å². The zero-order chi connectivity index (χ0) is 13.2. The average Bonchev–Trinajstić information content (AvgIpc) is 3.09. The normalized spacial score (nSPS) is 17.6. The zero-order valence-electron chi connectivity index (χ0n) is 12.0. The van der Waals surface area contributed by atoms with E-state index < -0.39 is 0 Å². The summed E-state index contributed by atoms with van der Waals surface area (Å²) in [6, 6.07) is 9.23. The summed E-state index contributed by atoms with van der Waals surface area (Å²) < 4.78 is 5.90. The molecule has 0 radical (unpaired) electrons. The Morgan fingerprint density at radius 2 is 1.83 bits per heavy atom. The summed E-state index contributed by atoms with van der Waals surface area (Å²) in [7, 11) is 0. The molecule has 2 nitrogen and oxygen atoms in total. The average molecular weight is 247 g/mol. The Morgan fingerprint density at radius 3 is 2.33 bits per heavy atom. The lowest BCUT2D eigenvalue weighted by atomic mass is 9.87. The Bertz CT molecular complexity index is 373. The fraction of sp³-hybridized carbons (Fsp3) is 0.625. The van der Waals surface area contributed by atoms with Gasteiger partial charge in [-0.25, -0.2) is 0 Å². The fourth-order valence-electron chi connectivity index (χ4n) is 1.93. The molecule has 1 N–H and O–H groups in total. The van der Waals surface area contributed by atoms with Gasteiger partial charge in [-0.15, -0.1) is 0 Å². The molecule has 0 amide bonds. The van der Waals surface area contributed by atoms with Crippen molar-refractivity contribution in [3.05, 3.63) is 29.8 Å². The fourth-order valence-corrected chi connectivity index (χ4v) is 1.93. The summed E-state index contributed by atoms with van der Waals surface area (Å²) in [5.74, 6) is 0.966. The van der Waals surface area contributed by atoms with Crippen LogP contribution in [0.15, 0.2) is 24.3 Å². The number of hydrogen-bond acceptors (Lipinski definition) is 2. The molecular formula is C16H25NO. The van der Waals surface area contributed by atoms with Gasteiger partial charge in [0.15, 0.2) is 0 Å². The molecule has 1 aliphatic rings. The number of rotatable bonds is 5. The molecule has 0 spiro atoms. The van der Waals surface area contributed by atoms with Crippen LogP contribution in [0.3, 0.4) is 0 Å². The van der Waals surface area contributed by atoms with E-state index in [1.54, 1.807) is 0 Å². The number of benzene rings is 1. The molecule has 1 saturated carbocycles. The van der Waals surface area contributed by atoms with Crippen LogP contribution in [0.2, 0.25) is 0 Å². The van der Waals surface area contributed by atoms with Gasteiger partial charge in [0.25, 0.3) is 0 Å². The first-order valence-corrected chi connectivity index (χ1v) is 6.96. The van der Waals surface area contributed by atoms with Crippen LogP contribution in [0.4, 0.5) is 0 Å². The smallest absolute Gasteiger partial charge is 0.119 e. The second-order valence-corrected chi connectivity index (χ2v) is 6.39. The van der Waals surface area contributed by atoms with Gasteiger partial charge in [0, 0.05) is 12.6 Å². The van der Waals surface area contributed by atoms with E-state index in [1.807, 2.05) is 0 Å². The molecule has 2 rings (SSSR count). The van der Waals surface area contributed by atoms with Crippen molar-refractivity contribution in [3.63, 3.8) is 0 Å². The third-order valence-electron chi connectivity index (χ3n) is 3.33. The molecule has 100 valence electrons. The third-order valence-corrected chi connectivity index (χ3v) is 3.33. The highest BCUT2D eigenvalue weighted by atomic mass is 16.5. The minimum absolute atomic E-state index is 0.206. The van der Waals surface area contributed by atoms with Gasteiger partial charge in [0.2, 0.25) is 0 Å². The molecule has 0 saturated heterocycles. The second kappa shape index (κ2) is 5.31. The lowest BCUT2D eigenvalue weighted by Crippen LogP contribution is -2.30. The van der Waals surface area contributed by atoms with Crippen LogP contribution in [0.1, 0.15) is 46.1 Å². The van der Waals surface area contributed by atoms with Gasteiger partial charge in [-0.3, -0.25) is 0 Å². The molecule has 1 fully saturated rings. The molecular weight excluding hydrogens is 222 g/mol. The van der Waals surface area contributed by atoms with Crippen LogP contribution < -0.4 is 10.1 Å². The number of ether oxygens (including phenoxy) is 1. The highest BCUT2D eigenvalue weighted by molar-refractivity contribution is 5.31. The standard InChI is InChI=1S/C16H25NO/c1-12(11-17-14-7-8-14)18-15-9-5-13(6-10-15)16(2,3)4/h5-6,9-10,12,14,17H,7-8,11H2,1-4H3. The third kappa shape index (κ3) is 4.02. The van der Waals surface area contributed by atoms with Crippen molar-refractivity contribution in [1.29, 1.82) is 0 Å². The minimum atomic E-state index is 0.206. The molecule has 0 bridgehead atoms. The van der Waals surface area contributed by atoms with Crippen LogP contribution >= 0.6 is 0 Å². The Kier molecular flexibility index (Phi) is 3.96. The van der Waals surface area contributed by atoms with E-state index in [-0.39, 0.29) is 11.5 Å². The Balaban J connectivity index is 1.84. The van der Waals surface area contributed by atoms with Gasteiger partial charge < -0.3 is 10.1 Å². The van der Waals surface area contributed by atoms with Crippen molar-refractivity contribution in [1.82, 2.24) is 5.32 Å². The number of hydrogen-bond donors (Lipinski definition) is 1. The van der Waals surface area contributed by atoms with E-state index in [4.69, 9.17) is 4.74 Å². The quantitative estimate of drug-likeness (QED) is 0.860. The molecule has 1 aromatic rings. The van der Waals surface area contributed by atoms with Crippen molar-refractivity contribution in [2.24, 2.45) is 0 Å². The van der Waals surface area contributed by atoms with Gasteiger partial charge in [-0.2, -0.15) is 0 Å². The molecule has 1 aliphatic carbocycles. The Labute approximate surface area is 111 Å². The predicted molar refractivity (Wildman–Crippen MR) is 76.3 cm³/mol. The highest BCUT2D eigenvalue weighted by Gasteiger charge is 2.21. The van der Waals surface area contributed by atoms with Crippen LogP contribution in [-0.2, 0) is 5.41 Å². The van der Waals surface area contributed by atoms with Gasteiger partial charge >= 0.3 is 0 Å². The summed E-state index contributed by atoms with van der Waals surface area (Å²) in [5.41, 5.74) is 1.55. The minimum Gasteiger partial charge on any atom is -0.489 e. The summed E-state index contributed by atoms with van der Waals surface area (Å²) in [6.45, 7) is 9.74. The van der Waals surface area contributed by atoms with Gasteiger partial charge in [0.05, 0.1) is 0 Å². The first kappa shape index (κ1) is 13.4. The van der Waals surface area contributed by atoms with Crippen LogP contribution in [0.25, 0.3) is 0 Å². The summed E-state index contributed by atoms with van der Waals surface area (Å²) in [6.07, 6.45) is 2.88. The van der Waals surface area contributed by atoms with Gasteiger partial charge in [0.1, 0.15) is 11.9 Å². The van der Waals surface area contributed by atoms with Crippen LogP contribution in [0.5, 0.6) is 5.75 Å². The van der Waals surface area contributed by atoms with Crippen LogP contribution in [0, 0.1) is 0 Å². The maximum atomic E-state index is 5.90. The summed E-state index contributed by atoms with van der Waals surface area (Å²) in [5, 5.41) is 3.49. The number of nitrogens with one attached hydrogen (secondary N) is 1. The van der Waals surface area contributed by atoms with Crippen molar-refractivity contribution in [2.75, 3.05) is 6.54 Å². The van der Waals surface area contributed by atoms with Crippen molar-refractivity contribution >= 4 is 0 Å².